The van der Waals surface area contributed by atoms with Crippen molar-refractivity contribution in [3.8, 4) is 5.88 Å². The number of hydrogen-bond donors (Lipinski definition) is 1. The Labute approximate surface area is 97.5 Å². The van der Waals surface area contributed by atoms with Crippen LogP contribution >= 0.6 is 0 Å². The summed E-state index contributed by atoms with van der Waals surface area (Å²) in [6.45, 7) is 5.75. The molecule has 1 aromatic rings. The first kappa shape index (κ1) is 12.7. The van der Waals surface area contributed by atoms with Crippen molar-refractivity contribution in [3.05, 3.63) is 12.4 Å². The van der Waals surface area contributed by atoms with E-state index in [0.717, 1.165) is 12.4 Å². The van der Waals surface area contributed by atoms with Gasteiger partial charge < -0.3 is 10.1 Å². The lowest BCUT2D eigenvalue weighted by molar-refractivity contribution is 0.326. The Hall–Kier alpha value is -1.32. The van der Waals surface area contributed by atoms with E-state index in [9.17, 15) is 0 Å². The molecule has 1 aromatic heterocycles. The molecule has 0 spiro atoms. The average molecular weight is 223 g/mol. The molecule has 4 heteroatoms. The minimum atomic E-state index is 0.632. The molecule has 0 unspecified atom stereocenters. The van der Waals surface area contributed by atoms with Crippen LogP contribution in [-0.4, -0.2) is 23.1 Å². The van der Waals surface area contributed by atoms with Crippen LogP contribution in [0.4, 0.5) is 5.82 Å². The Balaban J connectivity index is 2.27. The van der Waals surface area contributed by atoms with Gasteiger partial charge in [-0.25, -0.2) is 9.97 Å². The maximum Gasteiger partial charge on any atom is 0.218 e. The quantitative estimate of drug-likeness (QED) is 0.688. The summed E-state index contributed by atoms with van der Waals surface area (Å²) in [5.74, 6) is 1.48. The molecule has 0 aromatic carbocycles. The molecule has 0 atom stereocenters. The van der Waals surface area contributed by atoms with Gasteiger partial charge >= 0.3 is 0 Å². The molecule has 0 radical (unpaired) electrons. The monoisotopic (exact) mass is 223 g/mol. The van der Waals surface area contributed by atoms with E-state index in [2.05, 4.69) is 22.2 Å². The molecular weight excluding hydrogens is 202 g/mol. The Kier molecular flexibility index (Phi) is 6.30. The normalized spacial score (nSPS) is 10.1. The van der Waals surface area contributed by atoms with E-state index < -0.39 is 0 Å². The highest BCUT2D eigenvalue weighted by molar-refractivity contribution is 5.36. The Morgan fingerprint density at radius 2 is 2.06 bits per heavy atom. The highest BCUT2D eigenvalue weighted by atomic mass is 16.5. The zero-order valence-electron chi connectivity index (χ0n) is 10.2. The zero-order valence-corrected chi connectivity index (χ0v) is 10.2. The van der Waals surface area contributed by atoms with Crippen LogP contribution in [0.2, 0.25) is 0 Å². The maximum atomic E-state index is 5.30. The summed E-state index contributed by atoms with van der Waals surface area (Å²) in [4.78, 5) is 8.15. The van der Waals surface area contributed by atoms with Gasteiger partial charge in [-0.1, -0.05) is 26.2 Å². The van der Waals surface area contributed by atoms with Gasteiger partial charge in [0, 0.05) is 12.6 Å². The standard InChI is InChI=1S/C12H21N3O/c1-3-5-6-7-8-13-11-9-12(16-4-2)15-10-14-11/h9-10H,3-8H2,1-2H3,(H,13,14,15). The van der Waals surface area contributed by atoms with Crippen LogP contribution in [0.5, 0.6) is 5.88 Å². The fourth-order valence-electron chi connectivity index (χ4n) is 1.43. The lowest BCUT2D eigenvalue weighted by Crippen LogP contribution is -2.04. The molecule has 1 N–H and O–H groups in total. The predicted octanol–water partition coefficient (Wildman–Crippen LogP) is 2.87. The number of ether oxygens (including phenoxy) is 1. The third-order valence-electron chi connectivity index (χ3n) is 2.27. The molecule has 0 saturated heterocycles. The molecular formula is C12H21N3O. The first-order chi connectivity index (χ1) is 7.86. The first-order valence-corrected chi connectivity index (χ1v) is 6.05. The van der Waals surface area contributed by atoms with E-state index in [1.165, 1.54) is 32.0 Å². The maximum absolute atomic E-state index is 5.30. The van der Waals surface area contributed by atoms with Crippen LogP contribution in [0.15, 0.2) is 12.4 Å². The van der Waals surface area contributed by atoms with E-state index >= 15 is 0 Å². The van der Waals surface area contributed by atoms with Gasteiger partial charge in [0.25, 0.3) is 0 Å². The molecule has 4 nitrogen and oxygen atoms in total. The van der Waals surface area contributed by atoms with Gasteiger partial charge in [-0.05, 0) is 13.3 Å². The molecule has 1 heterocycles. The van der Waals surface area contributed by atoms with E-state index in [4.69, 9.17) is 4.74 Å². The molecule has 0 aliphatic heterocycles. The minimum Gasteiger partial charge on any atom is -0.478 e. The van der Waals surface area contributed by atoms with Gasteiger partial charge in [-0.2, -0.15) is 0 Å². The molecule has 0 aliphatic rings. The molecule has 0 fully saturated rings. The SMILES string of the molecule is CCCCCCNc1cc(OCC)ncn1. The van der Waals surface area contributed by atoms with Crippen molar-refractivity contribution in [2.24, 2.45) is 0 Å². The first-order valence-electron chi connectivity index (χ1n) is 6.05. The third-order valence-corrected chi connectivity index (χ3v) is 2.27. The molecule has 0 saturated carbocycles. The van der Waals surface area contributed by atoms with Crippen molar-refractivity contribution in [2.45, 2.75) is 39.5 Å². The van der Waals surface area contributed by atoms with Crippen LogP contribution in [0.1, 0.15) is 39.5 Å². The number of hydrogen-bond acceptors (Lipinski definition) is 4. The van der Waals surface area contributed by atoms with Crippen molar-refractivity contribution in [1.82, 2.24) is 9.97 Å². The van der Waals surface area contributed by atoms with E-state index in [0.29, 0.717) is 12.5 Å². The van der Waals surface area contributed by atoms with Crippen molar-refractivity contribution >= 4 is 5.82 Å². The second-order valence-electron chi connectivity index (χ2n) is 3.66. The Morgan fingerprint density at radius 3 is 2.81 bits per heavy atom. The fourth-order valence-corrected chi connectivity index (χ4v) is 1.43. The minimum absolute atomic E-state index is 0.632. The molecule has 16 heavy (non-hydrogen) atoms. The van der Waals surface area contributed by atoms with Crippen LogP contribution in [0.3, 0.4) is 0 Å². The van der Waals surface area contributed by atoms with Crippen molar-refractivity contribution in [1.29, 1.82) is 0 Å². The molecule has 1 rings (SSSR count). The number of nitrogens with zero attached hydrogens (tertiary/aromatic N) is 2. The van der Waals surface area contributed by atoms with Gasteiger partial charge in [0.15, 0.2) is 0 Å². The lowest BCUT2D eigenvalue weighted by atomic mass is 10.2. The lowest BCUT2D eigenvalue weighted by Gasteiger charge is -2.06. The fraction of sp³-hybridized carbons (Fsp3) is 0.667. The molecule has 90 valence electrons. The molecule has 0 amide bonds. The highest BCUT2D eigenvalue weighted by Crippen LogP contribution is 2.11. The molecule has 0 aliphatic carbocycles. The smallest absolute Gasteiger partial charge is 0.218 e. The van der Waals surface area contributed by atoms with Crippen LogP contribution in [0.25, 0.3) is 0 Å². The number of rotatable bonds is 8. The summed E-state index contributed by atoms with van der Waals surface area (Å²) in [6, 6.07) is 1.84. The van der Waals surface area contributed by atoms with Gasteiger partial charge in [-0.3, -0.25) is 0 Å². The number of anilines is 1. The summed E-state index contributed by atoms with van der Waals surface area (Å²) >= 11 is 0. The van der Waals surface area contributed by atoms with Crippen molar-refractivity contribution in [3.63, 3.8) is 0 Å². The third kappa shape index (κ3) is 4.96. The number of aromatic nitrogens is 2. The van der Waals surface area contributed by atoms with Crippen LogP contribution < -0.4 is 10.1 Å². The van der Waals surface area contributed by atoms with Gasteiger partial charge in [0.1, 0.15) is 12.1 Å². The van der Waals surface area contributed by atoms with Crippen LogP contribution in [-0.2, 0) is 0 Å². The summed E-state index contributed by atoms with van der Waals surface area (Å²) in [5.41, 5.74) is 0. The van der Waals surface area contributed by atoms with Gasteiger partial charge in [0.05, 0.1) is 6.61 Å². The predicted molar refractivity (Wildman–Crippen MR) is 65.8 cm³/mol. The van der Waals surface area contributed by atoms with Crippen molar-refractivity contribution < 1.29 is 4.74 Å². The van der Waals surface area contributed by atoms with Gasteiger partial charge in [0.2, 0.25) is 5.88 Å². The van der Waals surface area contributed by atoms with Gasteiger partial charge in [-0.15, -0.1) is 0 Å². The largest absolute Gasteiger partial charge is 0.478 e. The summed E-state index contributed by atoms with van der Waals surface area (Å²) in [7, 11) is 0. The Bertz CT molecular complexity index is 291. The Morgan fingerprint density at radius 1 is 1.19 bits per heavy atom. The average Bonchev–Trinajstić information content (AvgIpc) is 2.30. The summed E-state index contributed by atoms with van der Waals surface area (Å²) in [5, 5.41) is 3.27. The van der Waals surface area contributed by atoms with E-state index in [1.54, 1.807) is 0 Å². The molecule has 0 bridgehead atoms. The zero-order chi connectivity index (χ0) is 11.6. The topological polar surface area (TPSA) is 47.0 Å². The second kappa shape index (κ2) is 7.91. The summed E-state index contributed by atoms with van der Waals surface area (Å²) in [6.07, 6.45) is 6.55. The van der Waals surface area contributed by atoms with E-state index in [-0.39, 0.29) is 0 Å². The summed E-state index contributed by atoms with van der Waals surface area (Å²) < 4.78 is 5.30. The van der Waals surface area contributed by atoms with Crippen molar-refractivity contribution in [2.75, 3.05) is 18.5 Å². The van der Waals surface area contributed by atoms with Crippen LogP contribution in [0, 0.1) is 0 Å². The highest BCUT2D eigenvalue weighted by Gasteiger charge is 1.97. The number of unbranched alkanes of at least 4 members (excludes halogenated alkanes) is 3. The second-order valence-corrected chi connectivity index (χ2v) is 3.66. The number of nitrogens with one attached hydrogen (secondary N) is 1. The van der Waals surface area contributed by atoms with E-state index in [1.807, 2.05) is 13.0 Å².